The number of fused-ring (bicyclic) bond motifs is 9. The minimum Gasteiger partial charge on any atom is -0.456 e. The molecule has 11 aromatic rings. The number of anilines is 3. The number of hydrogen-bond acceptors (Lipinski definition) is 4. The molecule has 0 saturated heterocycles. The minimum absolute atomic E-state index is 0.913. The molecule has 0 N–H and O–H groups in total. The third-order valence-electron chi connectivity index (χ3n) is 10.3. The Hall–Kier alpha value is -6.20. The van der Waals surface area contributed by atoms with Gasteiger partial charge in [-0.15, -0.1) is 22.7 Å². The summed E-state index contributed by atoms with van der Waals surface area (Å²) in [4.78, 5) is 2.42. The van der Waals surface area contributed by atoms with Crippen LogP contribution < -0.4 is 4.90 Å². The monoisotopic (exact) mass is 699 g/mol. The van der Waals surface area contributed by atoms with Crippen LogP contribution >= 0.6 is 22.7 Å². The van der Waals surface area contributed by atoms with E-state index in [4.69, 9.17) is 4.42 Å². The molecule has 0 bridgehead atoms. The van der Waals surface area contributed by atoms with Crippen LogP contribution in [0.2, 0.25) is 0 Å². The van der Waals surface area contributed by atoms with Crippen LogP contribution in [-0.4, -0.2) is 0 Å². The molecule has 0 aliphatic carbocycles. The SMILES string of the molecule is c1ccc2c(c1)oc1ccc(-c3ccc(N(c4ccc(-c5cccc6sc7ccccc7c56)cc4)c4cccc5c4sc4ccccc45)cc3)cc12. The summed E-state index contributed by atoms with van der Waals surface area (Å²) in [6.45, 7) is 0. The topological polar surface area (TPSA) is 16.4 Å². The highest BCUT2D eigenvalue weighted by Gasteiger charge is 2.19. The minimum atomic E-state index is 0.913. The molecule has 0 saturated carbocycles. The van der Waals surface area contributed by atoms with Gasteiger partial charge in [-0.25, -0.2) is 0 Å². The quantitative estimate of drug-likeness (QED) is 0.178. The number of furan rings is 1. The molecule has 8 aromatic carbocycles. The summed E-state index contributed by atoms with van der Waals surface area (Å²) >= 11 is 3.73. The van der Waals surface area contributed by atoms with Crippen LogP contribution in [0.4, 0.5) is 17.1 Å². The van der Waals surface area contributed by atoms with Crippen molar-refractivity contribution >= 4 is 102 Å². The maximum Gasteiger partial charge on any atom is 0.135 e. The molecule has 3 aromatic heterocycles. The van der Waals surface area contributed by atoms with Crippen LogP contribution in [-0.2, 0) is 0 Å². The van der Waals surface area contributed by atoms with Gasteiger partial charge in [0.25, 0.3) is 0 Å². The van der Waals surface area contributed by atoms with Crippen LogP contribution in [0.25, 0.3) is 84.5 Å². The molecule has 0 fully saturated rings. The van der Waals surface area contributed by atoms with E-state index in [-0.39, 0.29) is 0 Å². The summed E-state index contributed by atoms with van der Waals surface area (Å²) in [5, 5.41) is 7.52. The van der Waals surface area contributed by atoms with Gasteiger partial charge in [-0.1, -0.05) is 109 Å². The molecule has 2 nitrogen and oxygen atoms in total. The maximum absolute atomic E-state index is 6.12. The zero-order valence-electron chi connectivity index (χ0n) is 27.9. The Morgan fingerprint density at radius 1 is 0.385 bits per heavy atom. The van der Waals surface area contributed by atoms with Crippen LogP contribution in [0.1, 0.15) is 0 Å². The van der Waals surface area contributed by atoms with E-state index in [2.05, 4.69) is 169 Å². The molecule has 0 spiro atoms. The molecule has 0 atom stereocenters. The molecule has 244 valence electrons. The van der Waals surface area contributed by atoms with E-state index in [0.29, 0.717) is 0 Å². The van der Waals surface area contributed by atoms with Crippen LogP contribution in [0.5, 0.6) is 0 Å². The zero-order chi connectivity index (χ0) is 34.2. The summed E-state index contributed by atoms with van der Waals surface area (Å²) in [5.74, 6) is 0. The molecular weight excluding hydrogens is 671 g/mol. The lowest BCUT2D eigenvalue weighted by atomic mass is 9.99. The number of rotatable bonds is 5. The first-order chi connectivity index (χ1) is 25.8. The van der Waals surface area contributed by atoms with Gasteiger partial charge in [-0.2, -0.15) is 0 Å². The summed E-state index contributed by atoms with van der Waals surface area (Å²) < 4.78 is 11.3. The molecule has 0 unspecified atom stereocenters. The van der Waals surface area contributed by atoms with Gasteiger partial charge in [0.2, 0.25) is 0 Å². The largest absolute Gasteiger partial charge is 0.456 e. The highest BCUT2D eigenvalue weighted by atomic mass is 32.1. The van der Waals surface area contributed by atoms with Crippen molar-refractivity contribution in [1.29, 1.82) is 0 Å². The second-order valence-corrected chi connectivity index (χ2v) is 15.4. The van der Waals surface area contributed by atoms with E-state index < -0.39 is 0 Å². The van der Waals surface area contributed by atoms with Crippen molar-refractivity contribution in [3.63, 3.8) is 0 Å². The van der Waals surface area contributed by atoms with E-state index in [0.717, 1.165) is 33.3 Å². The fraction of sp³-hybridized carbons (Fsp3) is 0. The van der Waals surface area contributed by atoms with Gasteiger partial charge in [0.1, 0.15) is 11.2 Å². The summed E-state index contributed by atoms with van der Waals surface area (Å²) in [5.41, 5.74) is 10.1. The maximum atomic E-state index is 6.12. The Kier molecular flexibility index (Phi) is 6.63. The van der Waals surface area contributed by atoms with Gasteiger partial charge in [-0.05, 0) is 89.0 Å². The lowest BCUT2D eigenvalue weighted by molar-refractivity contribution is 0.669. The first-order valence-corrected chi connectivity index (χ1v) is 19.1. The second-order valence-electron chi connectivity index (χ2n) is 13.3. The Balaban J connectivity index is 1.05. The molecule has 3 heterocycles. The van der Waals surface area contributed by atoms with E-state index in [1.807, 2.05) is 34.8 Å². The third-order valence-corrected chi connectivity index (χ3v) is 12.6. The van der Waals surface area contributed by atoms with Gasteiger partial charge in [-0.3, -0.25) is 0 Å². The number of nitrogens with zero attached hydrogens (tertiary/aromatic N) is 1. The number of thiophene rings is 2. The Labute approximate surface area is 308 Å². The summed E-state index contributed by atoms with van der Waals surface area (Å²) in [6.07, 6.45) is 0. The second kappa shape index (κ2) is 11.7. The summed E-state index contributed by atoms with van der Waals surface area (Å²) in [7, 11) is 0. The predicted molar refractivity (Wildman–Crippen MR) is 225 cm³/mol. The third kappa shape index (κ3) is 4.62. The Morgan fingerprint density at radius 2 is 0.981 bits per heavy atom. The van der Waals surface area contributed by atoms with Crippen LogP contribution in [0, 0.1) is 0 Å². The zero-order valence-corrected chi connectivity index (χ0v) is 29.5. The highest BCUT2D eigenvalue weighted by molar-refractivity contribution is 7.26. The van der Waals surface area contributed by atoms with Crippen molar-refractivity contribution in [3.8, 4) is 22.3 Å². The van der Waals surface area contributed by atoms with Crippen molar-refractivity contribution in [2.24, 2.45) is 0 Å². The van der Waals surface area contributed by atoms with E-state index in [1.54, 1.807) is 0 Å². The van der Waals surface area contributed by atoms with Gasteiger partial charge in [0.05, 0.1) is 10.4 Å². The van der Waals surface area contributed by atoms with Crippen molar-refractivity contribution < 1.29 is 4.42 Å². The van der Waals surface area contributed by atoms with Gasteiger partial charge >= 0.3 is 0 Å². The van der Waals surface area contributed by atoms with Crippen molar-refractivity contribution in [3.05, 3.63) is 176 Å². The average molecular weight is 700 g/mol. The standard InChI is InChI=1S/C48H29NOS2/c1-4-15-42-36(9-1)40-29-32(23-28-43(40)50-42)30-19-24-33(25-20-30)49(41-14-7-13-38-37-10-2-5-16-44(37)52-48(38)41)34-26-21-31(22-27-34)35-12-8-18-46-47(35)39-11-3-6-17-45(39)51-46/h1-29H. The Morgan fingerprint density at radius 3 is 1.79 bits per heavy atom. The Bertz CT molecular complexity index is 3130. The van der Waals surface area contributed by atoms with E-state index >= 15 is 0 Å². The predicted octanol–water partition coefficient (Wildman–Crippen LogP) is 15.1. The normalized spacial score (nSPS) is 11.8. The van der Waals surface area contributed by atoms with Crippen LogP contribution in [0.15, 0.2) is 180 Å². The van der Waals surface area contributed by atoms with Gasteiger partial charge < -0.3 is 9.32 Å². The number of para-hydroxylation sites is 1. The van der Waals surface area contributed by atoms with Crippen molar-refractivity contribution in [2.45, 2.75) is 0 Å². The first kappa shape index (κ1) is 29.5. The van der Waals surface area contributed by atoms with Crippen molar-refractivity contribution in [2.75, 3.05) is 4.90 Å². The molecule has 0 radical (unpaired) electrons. The highest BCUT2D eigenvalue weighted by Crippen LogP contribution is 2.46. The molecule has 4 heteroatoms. The van der Waals surface area contributed by atoms with E-state index in [1.165, 1.54) is 68.3 Å². The smallest absolute Gasteiger partial charge is 0.135 e. The molecule has 0 aliphatic rings. The van der Waals surface area contributed by atoms with Gasteiger partial charge in [0.15, 0.2) is 0 Å². The lowest BCUT2D eigenvalue weighted by Crippen LogP contribution is -2.10. The lowest BCUT2D eigenvalue weighted by Gasteiger charge is -2.26. The number of benzene rings is 8. The first-order valence-electron chi connectivity index (χ1n) is 17.5. The summed E-state index contributed by atoms with van der Waals surface area (Å²) in [6, 6.07) is 63.8. The average Bonchev–Trinajstić information content (AvgIpc) is 3.90. The van der Waals surface area contributed by atoms with E-state index in [9.17, 15) is 0 Å². The molecular formula is C48H29NOS2. The fourth-order valence-electron chi connectivity index (χ4n) is 7.85. The molecule has 52 heavy (non-hydrogen) atoms. The van der Waals surface area contributed by atoms with Crippen LogP contribution in [0.3, 0.4) is 0 Å². The van der Waals surface area contributed by atoms with Gasteiger partial charge in [0, 0.05) is 57.8 Å². The number of hydrogen-bond donors (Lipinski definition) is 0. The molecule has 11 rings (SSSR count). The fourth-order valence-corrected chi connectivity index (χ4v) is 10.2. The molecule has 0 amide bonds. The molecule has 0 aliphatic heterocycles. The van der Waals surface area contributed by atoms with Crippen molar-refractivity contribution in [1.82, 2.24) is 0 Å².